The number of hydrogen-bond acceptors (Lipinski definition) is 3. The molecule has 9 aromatic rings. The van der Waals surface area contributed by atoms with Crippen LogP contribution in [0, 0.1) is 0 Å². The third-order valence-electron chi connectivity index (χ3n) is 10.5. The lowest BCUT2D eigenvalue weighted by atomic mass is 9.82. The van der Waals surface area contributed by atoms with Gasteiger partial charge in [0.15, 0.2) is 5.58 Å². The molecule has 238 valence electrons. The maximum absolute atomic E-state index is 6.62. The molecule has 2 nitrogen and oxygen atoms in total. The Labute approximate surface area is 295 Å². The number of furan rings is 1. The zero-order valence-electron chi connectivity index (χ0n) is 27.9. The molecule has 0 bridgehead atoms. The van der Waals surface area contributed by atoms with E-state index in [-0.39, 0.29) is 5.41 Å². The summed E-state index contributed by atoms with van der Waals surface area (Å²) < 4.78 is 9.02. The van der Waals surface area contributed by atoms with Crippen molar-refractivity contribution < 1.29 is 4.42 Å². The minimum atomic E-state index is -0.101. The van der Waals surface area contributed by atoms with E-state index in [2.05, 4.69) is 183 Å². The van der Waals surface area contributed by atoms with Gasteiger partial charge in [-0.1, -0.05) is 129 Å². The van der Waals surface area contributed by atoms with Crippen LogP contribution in [-0.2, 0) is 5.41 Å². The molecular weight excluding hydrogens is 627 g/mol. The van der Waals surface area contributed by atoms with E-state index in [0.29, 0.717) is 0 Å². The Kier molecular flexibility index (Phi) is 6.43. The van der Waals surface area contributed by atoms with Gasteiger partial charge in [0.25, 0.3) is 0 Å². The maximum atomic E-state index is 6.62. The molecule has 10 rings (SSSR count). The van der Waals surface area contributed by atoms with Crippen molar-refractivity contribution in [2.45, 2.75) is 19.3 Å². The number of thiophene rings is 1. The summed E-state index contributed by atoms with van der Waals surface area (Å²) in [4.78, 5) is 2.44. The van der Waals surface area contributed by atoms with Gasteiger partial charge in [-0.05, 0) is 87.5 Å². The largest absolute Gasteiger partial charge is 0.454 e. The van der Waals surface area contributed by atoms with Gasteiger partial charge < -0.3 is 9.32 Å². The van der Waals surface area contributed by atoms with Crippen molar-refractivity contribution in [3.63, 3.8) is 0 Å². The summed E-state index contributed by atoms with van der Waals surface area (Å²) in [7, 11) is 0. The predicted molar refractivity (Wildman–Crippen MR) is 212 cm³/mol. The Morgan fingerprint density at radius 1 is 0.500 bits per heavy atom. The molecular formula is C47H33NOS. The zero-order valence-corrected chi connectivity index (χ0v) is 28.7. The van der Waals surface area contributed by atoms with Crippen molar-refractivity contribution in [1.82, 2.24) is 0 Å². The third-order valence-corrected chi connectivity index (χ3v) is 11.7. The van der Waals surface area contributed by atoms with E-state index in [1.807, 2.05) is 11.3 Å². The normalized spacial score (nSPS) is 13.2. The van der Waals surface area contributed by atoms with Crippen LogP contribution in [0.4, 0.5) is 17.1 Å². The van der Waals surface area contributed by atoms with Crippen LogP contribution < -0.4 is 4.90 Å². The monoisotopic (exact) mass is 659 g/mol. The van der Waals surface area contributed by atoms with Crippen LogP contribution in [0.5, 0.6) is 0 Å². The smallest absolute Gasteiger partial charge is 0.154 e. The number of hydrogen-bond donors (Lipinski definition) is 0. The highest BCUT2D eigenvalue weighted by Crippen LogP contribution is 2.52. The first kappa shape index (κ1) is 29.1. The fourth-order valence-corrected chi connectivity index (χ4v) is 9.18. The Hall–Kier alpha value is -5.90. The van der Waals surface area contributed by atoms with Crippen LogP contribution in [0.3, 0.4) is 0 Å². The summed E-state index contributed by atoms with van der Waals surface area (Å²) in [6.45, 7) is 4.70. The lowest BCUT2D eigenvalue weighted by Gasteiger charge is -2.30. The predicted octanol–water partition coefficient (Wildman–Crippen LogP) is 13.9. The van der Waals surface area contributed by atoms with Gasteiger partial charge in [0.1, 0.15) is 5.58 Å². The standard InChI is InChI=1S/C47H33NOS/c1-47(2)40-19-11-9-18-36(40)37-25-22-33(28-41(37)47)48(42-20-12-10-17-35(42)31-15-7-4-8-16-31)34-23-26-39-44(29-34)50-46-38-24-21-32(27-43(38)49-45(39)46)30-13-5-3-6-14-30/h3-29H,1-2H3. The minimum Gasteiger partial charge on any atom is -0.454 e. The molecule has 3 heteroatoms. The van der Waals surface area contributed by atoms with E-state index in [4.69, 9.17) is 4.42 Å². The Morgan fingerprint density at radius 3 is 1.96 bits per heavy atom. The van der Waals surface area contributed by atoms with E-state index in [1.54, 1.807) is 0 Å². The molecule has 0 fully saturated rings. The number of rotatable bonds is 5. The van der Waals surface area contributed by atoms with Crippen LogP contribution in [0.2, 0.25) is 0 Å². The van der Waals surface area contributed by atoms with Crippen LogP contribution >= 0.6 is 11.3 Å². The molecule has 0 unspecified atom stereocenters. The summed E-state index contributed by atoms with van der Waals surface area (Å²) in [5.41, 5.74) is 15.3. The highest BCUT2D eigenvalue weighted by molar-refractivity contribution is 7.26. The molecule has 1 aliphatic rings. The van der Waals surface area contributed by atoms with Crippen molar-refractivity contribution in [2.75, 3.05) is 4.90 Å². The zero-order chi connectivity index (χ0) is 33.4. The molecule has 0 aliphatic heterocycles. The summed E-state index contributed by atoms with van der Waals surface area (Å²) in [6.07, 6.45) is 0. The topological polar surface area (TPSA) is 16.4 Å². The maximum Gasteiger partial charge on any atom is 0.154 e. The van der Waals surface area contributed by atoms with Crippen molar-refractivity contribution in [3.05, 3.63) is 175 Å². The summed E-state index contributed by atoms with van der Waals surface area (Å²) in [6, 6.07) is 59.3. The average molecular weight is 660 g/mol. The van der Waals surface area contributed by atoms with Crippen molar-refractivity contribution in [2.24, 2.45) is 0 Å². The van der Waals surface area contributed by atoms with Crippen LogP contribution in [0.1, 0.15) is 25.0 Å². The van der Waals surface area contributed by atoms with Crippen LogP contribution in [-0.4, -0.2) is 0 Å². The van der Waals surface area contributed by atoms with Gasteiger partial charge in [-0.3, -0.25) is 0 Å². The van der Waals surface area contributed by atoms with Crippen LogP contribution in [0.25, 0.3) is 64.7 Å². The van der Waals surface area contributed by atoms with E-state index in [9.17, 15) is 0 Å². The molecule has 0 spiro atoms. The van der Waals surface area contributed by atoms with Gasteiger partial charge in [0.05, 0.1) is 10.4 Å². The highest BCUT2D eigenvalue weighted by atomic mass is 32.1. The number of fused-ring (bicyclic) bond motifs is 8. The number of para-hydroxylation sites is 1. The molecule has 2 heterocycles. The Bertz CT molecular complexity index is 2730. The first-order chi connectivity index (χ1) is 24.5. The Morgan fingerprint density at radius 2 is 1.14 bits per heavy atom. The van der Waals surface area contributed by atoms with Gasteiger partial charge in [-0.25, -0.2) is 0 Å². The molecule has 0 N–H and O–H groups in total. The quantitative estimate of drug-likeness (QED) is 0.183. The number of benzene rings is 7. The molecule has 50 heavy (non-hydrogen) atoms. The van der Waals surface area contributed by atoms with Gasteiger partial charge in [-0.15, -0.1) is 11.3 Å². The lowest BCUT2D eigenvalue weighted by molar-refractivity contribution is 0.660. The van der Waals surface area contributed by atoms with E-state index < -0.39 is 0 Å². The number of nitrogens with zero attached hydrogens (tertiary/aromatic N) is 1. The van der Waals surface area contributed by atoms with Gasteiger partial charge >= 0.3 is 0 Å². The summed E-state index contributed by atoms with van der Waals surface area (Å²) in [5, 5.41) is 2.31. The van der Waals surface area contributed by atoms with Crippen molar-refractivity contribution in [1.29, 1.82) is 0 Å². The van der Waals surface area contributed by atoms with Gasteiger partial charge in [-0.2, -0.15) is 0 Å². The molecule has 0 saturated carbocycles. The molecule has 1 aliphatic carbocycles. The summed E-state index contributed by atoms with van der Waals surface area (Å²) >= 11 is 1.81. The fraction of sp³-hybridized carbons (Fsp3) is 0.0638. The van der Waals surface area contributed by atoms with Gasteiger partial charge in [0.2, 0.25) is 0 Å². The molecule has 0 radical (unpaired) electrons. The Balaban J connectivity index is 1.15. The number of anilines is 3. The molecule has 2 aromatic heterocycles. The van der Waals surface area contributed by atoms with Crippen molar-refractivity contribution >= 4 is 59.7 Å². The molecule has 0 atom stereocenters. The lowest BCUT2D eigenvalue weighted by Crippen LogP contribution is -2.16. The van der Waals surface area contributed by atoms with E-state index in [0.717, 1.165) is 39.0 Å². The molecule has 0 saturated heterocycles. The third kappa shape index (κ3) is 4.40. The summed E-state index contributed by atoms with van der Waals surface area (Å²) in [5.74, 6) is 0. The molecule has 0 amide bonds. The fourth-order valence-electron chi connectivity index (χ4n) is 7.98. The first-order valence-corrected chi connectivity index (χ1v) is 18.0. The second kappa shape index (κ2) is 11.1. The SMILES string of the molecule is CC1(C)c2ccccc2-c2ccc(N(c3ccc4c(c3)sc3c5ccc(-c6ccccc6)cc5oc43)c3ccccc3-c3ccccc3)cc21. The van der Waals surface area contributed by atoms with Crippen molar-refractivity contribution in [3.8, 4) is 33.4 Å². The van der Waals surface area contributed by atoms with Gasteiger partial charge in [0, 0.05) is 37.8 Å². The minimum absolute atomic E-state index is 0.101. The first-order valence-electron chi connectivity index (χ1n) is 17.2. The second-order valence-electron chi connectivity index (χ2n) is 13.7. The average Bonchev–Trinajstić information content (AvgIpc) is 3.78. The van der Waals surface area contributed by atoms with Crippen LogP contribution in [0.15, 0.2) is 168 Å². The highest BCUT2D eigenvalue weighted by Gasteiger charge is 2.36. The van der Waals surface area contributed by atoms with E-state index >= 15 is 0 Å². The molecule has 7 aromatic carbocycles. The van der Waals surface area contributed by atoms with E-state index in [1.165, 1.54) is 53.9 Å². The second-order valence-corrected chi connectivity index (χ2v) is 14.8.